The summed E-state index contributed by atoms with van der Waals surface area (Å²) in [7, 11) is 0. The number of aromatic nitrogens is 1. The third-order valence-corrected chi connectivity index (χ3v) is 2.29. The van der Waals surface area contributed by atoms with Crippen LogP contribution in [0.4, 0.5) is 0 Å². The Bertz CT molecular complexity index is 260. The molecule has 0 aliphatic carbocycles. The van der Waals surface area contributed by atoms with E-state index >= 15 is 0 Å². The molecule has 0 N–H and O–H groups in total. The van der Waals surface area contributed by atoms with Crippen molar-refractivity contribution in [2.45, 2.75) is 33.1 Å². The zero-order valence-electron chi connectivity index (χ0n) is 7.23. The van der Waals surface area contributed by atoms with E-state index in [1.165, 1.54) is 0 Å². The summed E-state index contributed by atoms with van der Waals surface area (Å²) in [6.07, 6.45) is 0. The number of hydrogen-bond donors (Lipinski definition) is 0. The molecule has 0 aliphatic rings. The second-order valence-corrected chi connectivity index (χ2v) is 4.43. The summed E-state index contributed by atoms with van der Waals surface area (Å²) in [5.41, 5.74) is 1.14. The summed E-state index contributed by atoms with van der Waals surface area (Å²) in [5.74, 6) is 0.948. The molecule has 0 saturated carbocycles. The fourth-order valence-electron chi connectivity index (χ4n) is 1.02. The molecule has 0 aromatic carbocycles. The molecule has 2 nitrogen and oxygen atoms in total. The van der Waals surface area contributed by atoms with Gasteiger partial charge in [-0.25, -0.2) is 0 Å². The fraction of sp³-hybridized carbons (Fsp3) is 0.625. The highest BCUT2D eigenvalue weighted by molar-refractivity contribution is 9.10. The maximum Gasteiger partial charge on any atom is 0.152 e. The molecule has 1 rings (SSSR count). The average molecular weight is 218 g/mol. The van der Waals surface area contributed by atoms with E-state index < -0.39 is 0 Å². The normalized spacial score (nSPS) is 12.1. The van der Waals surface area contributed by atoms with Gasteiger partial charge in [-0.1, -0.05) is 25.9 Å². The number of halogens is 1. The van der Waals surface area contributed by atoms with Crippen molar-refractivity contribution in [1.29, 1.82) is 0 Å². The Morgan fingerprint density at radius 2 is 1.91 bits per heavy atom. The maximum atomic E-state index is 5.16. The monoisotopic (exact) mass is 217 g/mol. The molecule has 0 unspecified atom stereocenters. The van der Waals surface area contributed by atoms with Gasteiger partial charge in [-0.05, 0) is 22.9 Å². The Balaban J connectivity index is 3.15. The van der Waals surface area contributed by atoms with E-state index in [0.29, 0.717) is 0 Å². The van der Waals surface area contributed by atoms with Crippen molar-refractivity contribution >= 4 is 15.9 Å². The standard InChI is InChI=1S/C8H12BrNO/c1-5-6(8(2,3)4)11-10-7(5)9/h1-4H3. The van der Waals surface area contributed by atoms with Crippen molar-refractivity contribution in [3.05, 3.63) is 15.9 Å². The van der Waals surface area contributed by atoms with Crippen LogP contribution in [0.25, 0.3) is 0 Å². The van der Waals surface area contributed by atoms with Crippen molar-refractivity contribution in [1.82, 2.24) is 5.16 Å². The van der Waals surface area contributed by atoms with Crippen LogP contribution in [0.5, 0.6) is 0 Å². The molecule has 0 radical (unpaired) electrons. The SMILES string of the molecule is Cc1c(Br)noc1C(C)(C)C. The topological polar surface area (TPSA) is 26.0 Å². The lowest BCUT2D eigenvalue weighted by Gasteiger charge is -2.14. The van der Waals surface area contributed by atoms with Gasteiger partial charge >= 0.3 is 0 Å². The van der Waals surface area contributed by atoms with Gasteiger partial charge in [0.25, 0.3) is 0 Å². The van der Waals surface area contributed by atoms with Crippen LogP contribution in [0.3, 0.4) is 0 Å². The molecule has 0 saturated heterocycles. The molecular formula is C8H12BrNO. The van der Waals surface area contributed by atoms with Crippen LogP contribution in [0.2, 0.25) is 0 Å². The average Bonchev–Trinajstić information content (AvgIpc) is 2.11. The molecular weight excluding hydrogens is 206 g/mol. The zero-order chi connectivity index (χ0) is 8.65. The van der Waals surface area contributed by atoms with Gasteiger partial charge in [-0.15, -0.1) is 0 Å². The second kappa shape index (κ2) is 2.63. The summed E-state index contributed by atoms with van der Waals surface area (Å²) in [4.78, 5) is 0. The van der Waals surface area contributed by atoms with Gasteiger partial charge in [0.05, 0.1) is 0 Å². The lowest BCUT2D eigenvalue weighted by Crippen LogP contribution is -2.11. The predicted molar refractivity (Wildman–Crippen MR) is 47.6 cm³/mol. The first-order valence-corrected chi connectivity index (χ1v) is 4.34. The molecule has 0 amide bonds. The Kier molecular flexibility index (Phi) is 2.10. The minimum absolute atomic E-state index is 0.0447. The fourth-order valence-corrected chi connectivity index (χ4v) is 1.27. The molecule has 0 aliphatic heterocycles. The highest BCUT2D eigenvalue weighted by Crippen LogP contribution is 2.29. The first-order chi connectivity index (χ1) is 4.93. The first kappa shape index (κ1) is 8.78. The summed E-state index contributed by atoms with van der Waals surface area (Å²) >= 11 is 3.30. The molecule has 0 atom stereocenters. The van der Waals surface area contributed by atoms with Crippen LogP contribution in [-0.4, -0.2) is 5.16 Å². The lowest BCUT2D eigenvalue weighted by molar-refractivity contribution is 0.326. The van der Waals surface area contributed by atoms with Crippen molar-refractivity contribution in [2.24, 2.45) is 0 Å². The Hall–Kier alpha value is -0.310. The van der Waals surface area contributed by atoms with Gasteiger partial charge < -0.3 is 4.52 Å². The molecule has 3 heteroatoms. The molecule has 11 heavy (non-hydrogen) atoms. The van der Waals surface area contributed by atoms with Gasteiger partial charge in [-0.2, -0.15) is 0 Å². The predicted octanol–water partition coefficient (Wildman–Crippen LogP) is 3.04. The van der Waals surface area contributed by atoms with Crippen LogP contribution in [-0.2, 0) is 5.41 Å². The van der Waals surface area contributed by atoms with Crippen molar-refractivity contribution in [3.8, 4) is 0 Å². The largest absolute Gasteiger partial charge is 0.359 e. The van der Waals surface area contributed by atoms with E-state index in [0.717, 1.165) is 15.9 Å². The summed E-state index contributed by atoms with van der Waals surface area (Å²) in [6, 6.07) is 0. The van der Waals surface area contributed by atoms with Crippen molar-refractivity contribution < 1.29 is 4.52 Å². The smallest absolute Gasteiger partial charge is 0.152 e. The van der Waals surface area contributed by atoms with Gasteiger partial charge in [-0.3, -0.25) is 0 Å². The maximum absolute atomic E-state index is 5.16. The Morgan fingerprint density at radius 1 is 1.36 bits per heavy atom. The second-order valence-electron chi connectivity index (χ2n) is 3.68. The zero-order valence-corrected chi connectivity index (χ0v) is 8.82. The van der Waals surface area contributed by atoms with E-state index in [1.807, 2.05) is 6.92 Å². The molecule has 62 valence electrons. The van der Waals surface area contributed by atoms with Crippen LogP contribution in [0.1, 0.15) is 32.1 Å². The molecule has 1 aromatic heterocycles. The van der Waals surface area contributed by atoms with Gasteiger partial charge in [0.15, 0.2) is 4.60 Å². The molecule has 0 bridgehead atoms. The molecule has 1 aromatic rings. The number of nitrogens with zero attached hydrogens (tertiary/aromatic N) is 1. The highest BCUT2D eigenvalue weighted by atomic mass is 79.9. The van der Waals surface area contributed by atoms with E-state index in [4.69, 9.17) is 4.52 Å². The summed E-state index contributed by atoms with van der Waals surface area (Å²) in [6.45, 7) is 8.31. The van der Waals surface area contributed by atoms with Crippen LogP contribution in [0, 0.1) is 6.92 Å². The van der Waals surface area contributed by atoms with Crippen molar-refractivity contribution in [3.63, 3.8) is 0 Å². The molecule has 0 spiro atoms. The van der Waals surface area contributed by atoms with E-state index in [1.54, 1.807) is 0 Å². The van der Waals surface area contributed by atoms with E-state index in [-0.39, 0.29) is 5.41 Å². The third-order valence-electron chi connectivity index (χ3n) is 1.55. The van der Waals surface area contributed by atoms with Gasteiger partial charge in [0, 0.05) is 11.0 Å². The Labute approximate surface area is 75.1 Å². The van der Waals surface area contributed by atoms with Gasteiger partial charge in [0.1, 0.15) is 5.76 Å². The van der Waals surface area contributed by atoms with Crippen molar-refractivity contribution in [2.75, 3.05) is 0 Å². The van der Waals surface area contributed by atoms with Crippen LogP contribution in [0.15, 0.2) is 9.13 Å². The van der Waals surface area contributed by atoms with Crippen LogP contribution < -0.4 is 0 Å². The quantitative estimate of drug-likeness (QED) is 0.668. The molecule has 0 fully saturated rings. The minimum Gasteiger partial charge on any atom is -0.359 e. The molecule has 1 heterocycles. The summed E-state index contributed by atoms with van der Waals surface area (Å²) in [5, 5.41) is 3.82. The van der Waals surface area contributed by atoms with Gasteiger partial charge in [0.2, 0.25) is 0 Å². The highest BCUT2D eigenvalue weighted by Gasteiger charge is 2.22. The number of rotatable bonds is 0. The lowest BCUT2D eigenvalue weighted by atomic mass is 9.91. The first-order valence-electron chi connectivity index (χ1n) is 3.55. The minimum atomic E-state index is 0.0447. The summed E-state index contributed by atoms with van der Waals surface area (Å²) < 4.78 is 5.97. The number of hydrogen-bond acceptors (Lipinski definition) is 2. The van der Waals surface area contributed by atoms with E-state index in [2.05, 4.69) is 41.9 Å². The van der Waals surface area contributed by atoms with E-state index in [9.17, 15) is 0 Å². The third kappa shape index (κ3) is 1.64. The Morgan fingerprint density at radius 3 is 2.09 bits per heavy atom. The van der Waals surface area contributed by atoms with Crippen LogP contribution >= 0.6 is 15.9 Å².